The van der Waals surface area contributed by atoms with Crippen LogP contribution in [0.15, 0.2) is 18.2 Å². The Balaban J connectivity index is 1.79. The molecule has 2 rings (SSSR count). The smallest absolute Gasteiger partial charge is 0.354 e. The largest absolute Gasteiger partial charge is 0.477 e. The van der Waals surface area contributed by atoms with Gasteiger partial charge in [0.1, 0.15) is 5.69 Å². The van der Waals surface area contributed by atoms with Crippen LogP contribution in [0.2, 0.25) is 0 Å². The van der Waals surface area contributed by atoms with E-state index in [9.17, 15) is 4.79 Å². The van der Waals surface area contributed by atoms with Gasteiger partial charge in [0, 0.05) is 13.1 Å². The molecule has 1 aliphatic rings. The molecule has 104 valence electrons. The standard InChI is InChI=1S/C14H21N3O2/c1-17-7-3-4-11(10-17)8-15-9-12-5-2-6-13(16-12)14(18)19/h2,5-6,11,15H,3-4,7-10H2,1H3,(H,18,19). The van der Waals surface area contributed by atoms with Crippen molar-refractivity contribution >= 4 is 5.97 Å². The molecule has 0 bridgehead atoms. The summed E-state index contributed by atoms with van der Waals surface area (Å²) in [6.45, 7) is 3.92. The van der Waals surface area contributed by atoms with Crippen LogP contribution in [0.5, 0.6) is 0 Å². The molecule has 0 saturated carbocycles. The SMILES string of the molecule is CN1CCCC(CNCc2cccc(C(=O)O)n2)C1. The summed E-state index contributed by atoms with van der Waals surface area (Å²) in [5.41, 5.74) is 0.890. The van der Waals surface area contributed by atoms with Gasteiger partial charge in [-0.05, 0) is 51.0 Å². The maximum atomic E-state index is 10.8. The molecule has 0 aromatic carbocycles. The fraction of sp³-hybridized carbons (Fsp3) is 0.571. The van der Waals surface area contributed by atoms with E-state index >= 15 is 0 Å². The molecule has 1 aromatic heterocycles. The van der Waals surface area contributed by atoms with Gasteiger partial charge in [-0.1, -0.05) is 6.07 Å². The van der Waals surface area contributed by atoms with E-state index in [4.69, 9.17) is 5.11 Å². The first-order valence-electron chi connectivity index (χ1n) is 6.73. The van der Waals surface area contributed by atoms with Gasteiger partial charge >= 0.3 is 5.97 Å². The number of aromatic carboxylic acids is 1. The topological polar surface area (TPSA) is 65.5 Å². The summed E-state index contributed by atoms with van der Waals surface area (Å²) < 4.78 is 0. The normalized spacial score (nSPS) is 20.4. The summed E-state index contributed by atoms with van der Waals surface area (Å²) in [4.78, 5) is 17.3. The predicted molar refractivity (Wildman–Crippen MR) is 73.1 cm³/mol. The Kier molecular flexibility index (Phi) is 4.87. The molecule has 0 spiro atoms. The lowest BCUT2D eigenvalue weighted by Crippen LogP contribution is -2.37. The Bertz CT molecular complexity index is 436. The van der Waals surface area contributed by atoms with E-state index in [-0.39, 0.29) is 5.69 Å². The highest BCUT2D eigenvalue weighted by Gasteiger charge is 2.16. The van der Waals surface area contributed by atoms with Crippen LogP contribution in [0.1, 0.15) is 29.0 Å². The Morgan fingerprint density at radius 3 is 3.16 bits per heavy atom. The van der Waals surface area contributed by atoms with E-state index in [0.29, 0.717) is 12.5 Å². The van der Waals surface area contributed by atoms with Crippen molar-refractivity contribution in [3.63, 3.8) is 0 Å². The van der Waals surface area contributed by atoms with Crippen LogP contribution in [-0.2, 0) is 6.54 Å². The van der Waals surface area contributed by atoms with Gasteiger partial charge in [0.2, 0.25) is 0 Å². The summed E-state index contributed by atoms with van der Waals surface area (Å²) in [5.74, 6) is -0.294. The highest BCUT2D eigenvalue weighted by Crippen LogP contribution is 2.14. The number of hydrogen-bond acceptors (Lipinski definition) is 4. The van der Waals surface area contributed by atoms with Crippen molar-refractivity contribution in [2.75, 3.05) is 26.7 Å². The summed E-state index contributed by atoms with van der Waals surface area (Å²) in [5, 5.41) is 12.3. The lowest BCUT2D eigenvalue weighted by Gasteiger charge is -2.29. The molecule has 5 heteroatoms. The molecule has 1 saturated heterocycles. The Hall–Kier alpha value is -1.46. The molecule has 1 atom stereocenters. The highest BCUT2D eigenvalue weighted by atomic mass is 16.4. The molecular formula is C14H21N3O2. The molecule has 2 N–H and O–H groups in total. The van der Waals surface area contributed by atoms with Crippen molar-refractivity contribution in [3.05, 3.63) is 29.6 Å². The van der Waals surface area contributed by atoms with E-state index in [1.54, 1.807) is 6.07 Å². The summed E-state index contributed by atoms with van der Waals surface area (Å²) in [6.07, 6.45) is 2.52. The molecule has 0 radical (unpaired) electrons. The fourth-order valence-electron chi connectivity index (χ4n) is 2.54. The molecule has 0 aliphatic carbocycles. The molecule has 5 nitrogen and oxygen atoms in total. The third-order valence-corrected chi connectivity index (χ3v) is 3.49. The number of carboxylic acid groups (broad SMARTS) is 1. The number of carboxylic acids is 1. The third-order valence-electron chi connectivity index (χ3n) is 3.49. The quantitative estimate of drug-likeness (QED) is 0.836. The molecule has 1 fully saturated rings. The molecule has 19 heavy (non-hydrogen) atoms. The fourth-order valence-corrected chi connectivity index (χ4v) is 2.54. The second kappa shape index (κ2) is 6.63. The van der Waals surface area contributed by atoms with Gasteiger partial charge in [-0.2, -0.15) is 0 Å². The number of likely N-dealkylation sites (tertiary alicyclic amines) is 1. The first-order chi connectivity index (χ1) is 9.15. The number of nitrogens with one attached hydrogen (secondary N) is 1. The molecule has 2 heterocycles. The maximum absolute atomic E-state index is 10.8. The number of rotatable bonds is 5. The van der Waals surface area contributed by atoms with Gasteiger partial charge in [0.25, 0.3) is 0 Å². The van der Waals surface area contributed by atoms with Crippen molar-refractivity contribution in [1.29, 1.82) is 0 Å². The second-order valence-electron chi connectivity index (χ2n) is 5.22. The van der Waals surface area contributed by atoms with Gasteiger partial charge in [-0.25, -0.2) is 9.78 Å². The van der Waals surface area contributed by atoms with E-state index < -0.39 is 5.97 Å². The van der Waals surface area contributed by atoms with Crippen molar-refractivity contribution in [3.8, 4) is 0 Å². The van der Waals surface area contributed by atoms with Gasteiger partial charge in [-0.3, -0.25) is 0 Å². The average molecular weight is 263 g/mol. The average Bonchev–Trinajstić information content (AvgIpc) is 2.39. The number of carbonyl (C=O) groups is 1. The van der Waals surface area contributed by atoms with Crippen LogP contribution in [0.25, 0.3) is 0 Å². The Labute approximate surface area is 113 Å². The van der Waals surface area contributed by atoms with Crippen LogP contribution in [-0.4, -0.2) is 47.6 Å². The van der Waals surface area contributed by atoms with E-state index in [1.165, 1.54) is 25.5 Å². The van der Waals surface area contributed by atoms with Crippen LogP contribution in [0, 0.1) is 5.92 Å². The Morgan fingerprint density at radius 1 is 1.58 bits per heavy atom. The molecule has 1 unspecified atom stereocenters. The minimum Gasteiger partial charge on any atom is -0.477 e. The van der Waals surface area contributed by atoms with Gasteiger partial charge in [0.05, 0.1) is 5.69 Å². The van der Waals surface area contributed by atoms with E-state index in [1.807, 2.05) is 6.07 Å². The summed E-state index contributed by atoms with van der Waals surface area (Å²) in [6, 6.07) is 5.11. The highest BCUT2D eigenvalue weighted by molar-refractivity contribution is 5.85. The molecule has 1 aliphatic heterocycles. The molecule has 1 aromatic rings. The second-order valence-corrected chi connectivity index (χ2v) is 5.22. The van der Waals surface area contributed by atoms with Gasteiger partial charge in [-0.15, -0.1) is 0 Å². The van der Waals surface area contributed by atoms with Crippen molar-refractivity contribution in [2.24, 2.45) is 5.92 Å². The van der Waals surface area contributed by atoms with E-state index in [0.717, 1.165) is 18.8 Å². The number of hydrogen-bond donors (Lipinski definition) is 2. The van der Waals surface area contributed by atoms with Crippen LogP contribution < -0.4 is 5.32 Å². The van der Waals surface area contributed by atoms with E-state index in [2.05, 4.69) is 22.2 Å². The number of piperidine rings is 1. The minimum atomic E-state index is -0.976. The zero-order valence-electron chi connectivity index (χ0n) is 11.3. The third kappa shape index (κ3) is 4.29. The van der Waals surface area contributed by atoms with Crippen molar-refractivity contribution in [2.45, 2.75) is 19.4 Å². The van der Waals surface area contributed by atoms with Crippen molar-refractivity contribution < 1.29 is 9.90 Å². The van der Waals surface area contributed by atoms with Gasteiger partial charge in [0.15, 0.2) is 0 Å². The maximum Gasteiger partial charge on any atom is 0.354 e. The van der Waals surface area contributed by atoms with Crippen molar-refractivity contribution in [1.82, 2.24) is 15.2 Å². The van der Waals surface area contributed by atoms with Crippen LogP contribution in [0.3, 0.4) is 0 Å². The van der Waals surface area contributed by atoms with Gasteiger partial charge < -0.3 is 15.3 Å². The lowest BCUT2D eigenvalue weighted by molar-refractivity contribution is 0.0690. The number of aromatic nitrogens is 1. The monoisotopic (exact) mass is 263 g/mol. The lowest BCUT2D eigenvalue weighted by atomic mass is 9.98. The molecule has 0 amide bonds. The zero-order chi connectivity index (χ0) is 13.7. The minimum absolute atomic E-state index is 0.108. The first kappa shape index (κ1) is 14.0. The summed E-state index contributed by atoms with van der Waals surface area (Å²) in [7, 11) is 2.16. The predicted octanol–water partition coefficient (Wildman–Crippen LogP) is 1.21. The molecular weight excluding hydrogens is 242 g/mol. The Morgan fingerprint density at radius 2 is 2.42 bits per heavy atom. The zero-order valence-corrected chi connectivity index (χ0v) is 11.3. The number of nitrogens with zero attached hydrogens (tertiary/aromatic N) is 2. The summed E-state index contributed by atoms with van der Waals surface area (Å²) >= 11 is 0. The van der Waals surface area contributed by atoms with Crippen LogP contribution in [0.4, 0.5) is 0 Å². The first-order valence-corrected chi connectivity index (χ1v) is 6.73. The van der Waals surface area contributed by atoms with Crippen LogP contribution >= 0.6 is 0 Å². The number of pyridine rings is 1.